The first-order valence-corrected chi connectivity index (χ1v) is 6.35. The first-order valence-electron chi connectivity index (χ1n) is 6.35. The van der Waals surface area contributed by atoms with E-state index in [9.17, 15) is 0 Å². The van der Waals surface area contributed by atoms with Crippen LogP contribution in [0.5, 0.6) is 0 Å². The highest BCUT2D eigenvalue weighted by Gasteiger charge is 2.14. The van der Waals surface area contributed by atoms with Gasteiger partial charge in [-0.15, -0.1) is 0 Å². The van der Waals surface area contributed by atoms with E-state index in [1.165, 1.54) is 6.33 Å². The number of aliphatic hydroxyl groups is 1. The minimum absolute atomic E-state index is 0.0557. The van der Waals surface area contributed by atoms with Gasteiger partial charge in [0.2, 0.25) is 0 Å². The van der Waals surface area contributed by atoms with Gasteiger partial charge in [0, 0.05) is 26.2 Å². The molecule has 0 aliphatic heterocycles. The molecule has 0 aliphatic carbocycles. The Bertz CT molecular complexity index is 388. The molecule has 0 aliphatic rings. The maximum Gasteiger partial charge on any atom is 0.157 e. The molecular weight excluding hydrogens is 246 g/mol. The summed E-state index contributed by atoms with van der Waals surface area (Å²) >= 11 is 0. The standard InChI is InChI=1S/C12H23N5O2/c1-4-17(5-6-18)12-10(13)11(14-8-15-12)16-9(2)7-19-3/h8-9,18H,4-7,13H2,1-3H3,(H,14,15,16). The number of aliphatic hydroxyl groups excluding tert-OH is 1. The number of nitrogens with one attached hydrogen (secondary N) is 1. The summed E-state index contributed by atoms with van der Waals surface area (Å²) in [5.74, 6) is 1.23. The summed E-state index contributed by atoms with van der Waals surface area (Å²) < 4.78 is 5.06. The molecule has 108 valence electrons. The predicted octanol–water partition coefficient (Wildman–Crippen LogP) is 0.324. The number of hydrogen-bond acceptors (Lipinski definition) is 7. The van der Waals surface area contributed by atoms with E-state index in [0.29, 0.717) is 30.5 Å². The Morgan fingerprint density at radius 1 is 1.53 bits per heavy atom. The molecule has 1 aromatic rings. The van der Waals surface area contributed by atoms with Gasteiger partial charge in [-0.25, -0.2) is 9.97 Å². The van der Waals surface area contributed by atoms with E-state index in [1.807, 2.05) is 18.7 Å². The van der Waals surface area contributed by atoms with Gasteiger partial charge < -0.3 is 25.8 Å². The number of hydrogen-bond donors (Lipinski definition) is 3. The van der Waals surface area contributed by atoms with Gasteiger partial charge in [-0.3, -0.25) is 0 Å². The van der Waals surface area contributed by atoms with Crippen molar-refractivity contribution in [3.63, 3.8) is 0 Å². The van der Waals surface area contributed by atoms with Crippen LogP contribution < -0.4 is 16.0 Å². The Kier molecular flexibility index (Phi) is 6.31. The second-order valence-electron chi connectivity index (χ2n) is 4.26. The molecule has 7 nitrogen and oxygen atoms in total. The molecule has 0 spiro atoms. The first-order chi connectivity index (χ1) is 9.13. The zero-order valence-electron chi connectivity index (χ0n) is 11.8. The largest absolute Gasteiger partial charge is 0.395 e. The van der Waals surface area contributed by atoms with E-state index in [4.69, 9.17) is 15.6 Å². The Hall–Kier alpha value is -1.60. The third-order valence-corrected chi connectivity index (χ3v) is 2.71. The highest BCUT2D eigenvalue weighted by molar-refractivity contribution is 5.75. The number of aromatic nitrogens is 2. The molecule has 0 amide bonds. The lowest BCUT2D eigenvalue weighted by molar-refractivity contribution is 0.190. The third kappa shape index (κ3) is 4.22. The number of nitrogen functional groups attached to an aromatic ring is 1. The van der Waals surface area contributed by atoms with Crippen LogP contribution in [0.3, 0.4) is 0 Å². The van der Waals surface area contributed by atoms with Crippen LogP contribution in [0.1, 0.15) is 13.8 Å². The molecule has 0 aromatic carbocycles. The Labute approximate surface area is 113 Å². The summed E-state index contributed by atoms with van der Waals surface area (Å²) in [5.41, 5.74) is 6.57. The van der Waals surface area contributed by atoms with Crippen molar-refractivity contribution >= 4 is 17.3 Å². The molecule has 0 saturated carbocycles. The average molecular weight is 269 g/mol. The molecule has 1 rings (SSSR count). The molecule has 1 aromatic heterocycles. The molecule has 0 saturated heterocycles. The number of anilines is 3. The summed E-state index contributed by atoms with van der Waals surface area (Å²) in [7, 11) is 1.65. The number of likely N-dealkylation sites (N-methyl/N-ethyl adjacent to an activating group) is 1. The number of methoxy groups -OCH3 is 1. The van der Waals surface area contributed by atoms with Crippen molar-refractivity contribution in [1.82, 2.24) is 9.97 Å². The van der Waals surface area contributed by atoms with Gasteiger partial charge >= 0.3 is 0 Å². The van der Waals surface area contributed by atoms with Crippen molar-refractivity contribution in [2.45, 2.75) is 19.9 Å². The number of ether oxygens (including phenoxy) is 1. The van der Waals surface area contributed by atoms with Gasteiger partial charge in [-0.05, 0) is 13.8 Å². The SMILES string of the molecule is CCN(CCO)c1ncnc(NC(C)COC)c1N. The topological polar surface area (TPSA) is 96.5 Å². The lowest BCUT2D eigenvalue weighted by atomic mass is 10.3. The monoisotopic (exact) mass is 269 g/mol. The van der Waals surface area contributed by atoms with Crippen molar-refractivity contribution in [3.05, 3.63) is 6.33 Å². The van der Waals surface area contributed by atoms with E-state index >= 15 is 0 Å². The maximum atomic E-state index is 9.05. The van der Waals surface area contributed by atoms with Gasteiger partial charge in [0.1, 0.15) is 12.0 Å². The molecule has 1 unspecified atom stereocenters. The van der Waals surface area contributed by atoms with Crippen LogP contribution in [-0.2, 0) is 4.74 Å². The molecule has 1 heterocycles. The molecule has 4 N–H and O–H groups in total. The van der Waals surface area contributed by atoms with Gasteiger partial charge in [-0.1, -0.05) is 0 Å². The van der Waals surface area contributed by atoms with Crippen LogP contribution >= 0.6 is 0 Å². The number of nitrogens with zero attached hydrogens (tertiary/aromatic N) is 3. The third-order valence-electron chi connectivity index (χ3n) is 2.71. The zero-order chi connectivity index (χ0) is 14.3. The molecule has 7 heteroatoms. The lowest BCUT2D eigenvalue weighted by Gasteiger charge is -2.23. The normalized spacial score (nSPS) is 12.2. The maximum absolute atomic E-state index is 9.05. The minimum atomic E-state index is 0.0557. The van der Waals surface area contributed by atoms with Crippen LogP contribution in [0.2, 0.25) is 0 Å². The second kappa shape index (κ2) is 7.75. The van der Waals surface area contributed by atoms with Crippen LogP contribution in [0.15, 0.2) is 6.33 Å². The van der Waals surface area contributed by atoms with Crippen molar-refractivity contribution in [3.8, 4) is 0 Å². The summed E-state index contributed by atoms with van der Waals surface area (Å²) in [6.45, 7) is 5.79. The molecule has 0 bridgehead atoms. The fraction of sp³-hybridized carbons (Fsp3) is 0.667. The molecular formula is C12H23N5O2. The smallest absolute Gasteiger partial charge is 0.157 e. The van der Waals surface area contributed by atoms with Crippen LogP contribution in [0.25, 0.3) is 0 Å². The zero-order valence-corrected chi connectivity index (χ0v) is 11.8. The van der Waals surface area contributed by atoms with Gasteiger partial charge in [0.15, 0.2) is 11.6 Å². The quantitative estimate of drug-likeness (QED) is 0.625. The highest BCUT2D eigenvalue weighted by atomic mass is 16.5. The van der Waals surface area contributed by atoms with E-state index in [2.05, 4.69) is 15.3 Å². The van der Waals surface area contributed by atoms with Gasteiger partial charge in [-0.2, -0.15) is 0 Å². The molecule has 19 heavy (non-hydrogen) atoms. The summed E-state index contributed by atoms with van der Waals surface area (Å²) in [4.78, 5) is 10.2. The van der Waals surface area contributed by atoms with E-state index in [1.54, 1.807) is 7.11 Å². The fourth-order valence-electron chi connectivity index (χ4n) is 1.81. The predicted molar refractivity (Wildman–Crippen MR) is 76.4 cm³/mol. The van der Waals surface area contributed by atoms with Crippen molar-refractivity contribution in [2.75, 3.05) is 49.4 Å². The summed E-state index contributed by atoms with van der Waals surface area (Å²) in [6, 6.07) is 0.1000. The minimum Gasteiger partial charge on any atom is -0.395 e. The lowest BCUT2D eigenvalue weighted by Crippen LogP contribution is -2.29. The molecule has 0 radical (unpaired) electrons. The summed E-state index contributed by atoms with van der Waals surface area (Å²) in [6.07, 6.45) is 1.47. The second-order valence-corrected chi connectivity index (χ2v) is 4.26. The number of nitrogens with two attached hydrogens (primary N) is 1. The van der Waals surface area contributed by atoms with Crippen molar-refractivity contribution in [2.24, 2.45) is 0 Å². The van der Waals surface area contributed by atoms with Gasteiger partial charge in [0.05, 0.1) is 13.2 Å². The van der Waals surface area contributed by atoms with Crippen LogP contribution in [-0.4, -0.2) is 54.5 Å². The van der Waals surface area contributed by atoms with Crippen LogP contribution in [0, 0.1) is 0 Å². The highest BCUT2D eigenvalue weighted by Crippen LogP contribution is 2.26. The van der Waals surface area contributed by atoms with E-state index in [-0.39, 0.29) is 12.6 Å². The van der Waals surface area contributed by atoms with E-state index < -0.39 is 0 Å². The Morgan fingerprint density at radius 3 is 2.84 bits per heavy atom. The Morgan fingerprint density at radius 2 is 2.26 bits per heavy atom. The van der Waals surface area contributed by atoms with Crippen LogP contribution in [0.4, 0.5) is 17.3 Å². The first kappa shape index (κ1) is 15.5. The van der Waals surface area contributed by atoms with Crippen molar-refractivity contribution in [1.29, 1.82) is 0 Å². The van der Waals surface area contributed by atoms with Gasteiger partial charge in [0.25, 0.3) is 0 Å². The molecule has 0 fully saturated rings. The molecule has 1 atom stereocenters. The van der Waals surface area contributed by atoms with Crippen molar-refractivity contribution < 1.29 is 9.84 Å². The average Bonchev–Trinajstić information content (AvgIpc) is 2.39. The Balaban J connectivity index is 2.90. The summed E-state index contributed by atoms with van der Waals surface area (Å²) in [5, 5.41) is 12.2. The van der Waals surface area contributed by atoms with E-state index in [0.717, 1.165) is 6.54 Å². The fourth-order valence-corrected chi connectivity index (χ4v) is 1.81. The number of rotatable bonds is 8.